The molecule has 2 heterocycles. The highest BCUT2D eigenvalue weighted by molar-refractivity contribution is 7.93. The minimum absolute atomic E-state index is 0.0390. The van der Waals surface area contributed by atoms with E-state index in [1.165, 1.54) is 24.3 Å². The van der Waals surface area contributed by atoms with Crippen LogP contribution in [-0.4, -0.2) is 39.4 Å². The molecule has 3 rings (SSSR count). The maximum atomic E-state index is 13.4. The predicted molar refractivity (Wildman–Crippen MR) is 92.1 cm³/mol. The Labute approximate surface area is 154 Å². The number of pyridine rings is 1. The Hall–Kier alpha value is -2.06. The van der Waals surface area contributed by atoms with Crippen molar-refractivity contribution in [3.63, 3.8) is 0 Å². The minimum Gasteiger partial charge on any atom is -0.234 e. The number of nitriles is 1. The van der Waals surface area contributed by atoms with Gasteiger partial charge in [0.25, 0.3) is 0 Å². The summed E-state index contributed by atoms with van der Waals surface area (Å²) in [5, 5.41) is 8.88. The predicted octanol–water partition coefficient (Wildman–Crippen LogP) is 1.49. The molecule has 0 aliphatic carbocycles. The molecule has 7 nitrogen and oxygen atoms in total. The smallest absolute Gasteiger partial charge is 0.234 e. The van der Waals surface area contributed by atoms with E-state index in [0.29, 0.717) is 5.56 Å². The van der Waals surface area contributed by atoms with E-state index in [4.69, 9.17) is 16.9 Å². The lowest BCUT2D eigenvalue weighted by Gasteiger charge is -2.26. The number of sulfone groups is 1. The molecule has 136 valence electrons. The number of rotatable bonds is 4. The third-order valence-corrected chi connectivity index (χ3v) is 7.36. The standard InChI is InChI=1S/C15H11ClFN3O4S2/c16-12-5-10(26(23,24)20-9-7-25(21,22)8-9)1-2-11(12)14-4-3-13(17)15(6-18)19-14/h1-5,9,20H,7-8H2. The van der Waals surface area contributed by atoms with Gasteiger partial charge in [0.1, 0.15) is 6.07 Å². The fourth-order valence-electron chi connectivity index (χ4n) is 2.46. The molecule has 1 aromatic heterocycles. The molecule has 0 unspecified atom stereocenters. The normalized spacial score (nSPS) is 16.7. The van der Waals surface area contributed by atoms with Gasteiger partial charge < -0.3 is 0 Å². The summed E-state index contributed by atoms with van der Waals surface area (Å²) in [7, 11) is -7.11. The first-order chi connectivity index (χ1) is 12.1. The van der Waals surface area contributed by atoms with E-state index in [2.05, 4.69) is 9.71 Å². The fourth-order valence-corrected chi connectivity index (χ4v) is 5.57. The number of nitrogens with one attached hydrogen (secondary N) is 1. The van der Waals surface area contributed by atoms with Crippen LogP contribution in [0.15, 0.2) is 35.2 Å². The molecule has 1 aliphatic heterocycles. The van der Waals surface area contributed by atoms with Crippen molar-refractivity contribution in [3.8, 4) is 17.3 Å². The summed E-state index contributed by atoms with van der Waals surface area (Å²) in [6.07, 6.45) is 0. The second-order valence-electron chi connectivity index (χ2n) is 5.68. The highest BCUT2D eigenvalue weighted by Gasteiger charge is 2.36. The summed E-state index contributed by atoms with van der Waals surface area (Å²) in [6.45, 7) is 0. The number of aromatic nitrogens is 1. The van der Waals surface area contributed by atoms with Crippen molar-refractivity contribution in [3.05, 3.63) is 46.9 Å². The van der Waals surface area contributed by atoms with Gasteiger partial charge in [-0.1, -0.05) is 11.6 Å². The Morgan fingerprint density at radius 2 is 1.96 bits per heavy atom. The Morgan fingerprint density at radius 1 is 1.27 bits per heavy atom. The summed E-state index contributed by atoms with van der Waals surface area (Å²) < 4.78 is 62.6. The molecule has 26 heavy (non-hydrogen) atoms. The molecule has 2 aromatic rings. The van der Waals surface area contributed by atoms with Crippen LogP contribution in [-0.2, 0) is 19.9 Å². The van der Waals surface area contributed by atoms with Crippen LogP contribution >= 0.6 is 11.6 Å². The van der Waals surface area contributed by atoms with Gasteiger partial charge in [-0.05, 0) is 30.3 Å². The lowest BCUT2D eigenvalue weighted by atomic mass is 10.1. The van der Waals surface area contributed by atoms with Crippen LogP contribution < -0.4 is 4.72 Å². The Balaban J connectivity index is 1.89. The number of hydrogen-bond acceptors (Lipinski definition) is 6. The number of sulfonamides is 1. The van der Waals surface area contributed by atoms with Crippen LogP contribution in [0.5, 0.6) is 0 Å². The highest BCUT2D eigenvalue weighted by atomic mass is 35.5. The first kappa shape index (κ1) is 18.7. The van der Waals surface area contributed by atoms with Gasteiger partial charge in [0, 0.05) is 11.6 Å². The monoisotopic (exact) mass is 415 g/mol. The van der Waals surface area contributed by atoms with Crippen LogP contribution in [0.2, 0.25) is 5.02 Å². The quantitative estimate of drug-likeness (QED) is 0.808. The molecule has 1 fully saturated rings. The summed E-state index contributed by atoms with van der Waals surface area (Å²) in [5.74, 6) is -1.26. The summed E-state index contributed by atoms with van der Waals surface area (Å²) in [6, 6.07) is 7.18. The van der Waals surface area contributed by atoms with Gasteiger partial charge >= 0.3 is 0 Å². The lowest BCUT2D eigenvalue weighted by Crippen LogP contribution is -2.52. The van der Waals surface area contributed by atoms with Gasteiger partial charge in [-0.2, -0.15) is 5.26 Å². The third kappa shape index (κ3) is 3.71. The molecule has 0 saturated carbocycles. The molecule has 0 radical (unpaired) electrons. The molecule has 1 aromatic carbocycles. The maximum absolute atomic E-state index is 13.4. The Kier molecular flexibility index (Phi) is 4.74. The highest BCUT2D eigenvalue weighted by Crippen LogP contribution is 2.29. The van der Waals surface area contributed by atoms with Crippen LogP contribution in [0.3, 0.4) is 0 Å². The van der Waals surface area contributed by atoms with Crippen molar-refractivity contribution in [1.82, 2.24) is 9.71 Å². The van der Waals surface area contributed by atoms with Gasteiger partial charge in [-0.25, -0.2) is 30.9 Å². The van der Waals surface area contributed by atoms with Crippen LogP contribution in [0.25, 0.3) is 11.3 Å². The van der Waals surface area contributed by atoms with Crippen LogP contribution in [0, 0.1) is 17.1 Å². The topological polar surface area (TPSA) is 117 Å². The SMILES string of the molecule is N#Cc1nc(-c2ccc(S(=O)(=O)NC3CS(=O)(=O)C3)cc2Cl)ccc1F. The van der Waals surface area contributed by atoms with Crippen molar-refractivity contribution in [1.29, 1.82) is 5.26 Å². The van der Waals surface area contributed by atoms with Crippen LogP contribution in [0.4, 0.5) is 4.39 Å². The first-order valence-electron chi connectivity index (χ1n) is 7.20. The average Bonchev–Trinajstić information content (AvgIpc) is 2.53. The third-order valence-electron chi connectivity index (χ3n) is 3.71. The Bertz CT molecular complexity index is 1130. The summed E-state index contributed by atoms with van der Waals surface area (Å²) in [4.78, 5) is 3.71. The molecular weight excluding hydrogens is 405 g/mol. The van der Waals surface area contributed by atoms with Gasteiger partial charge in [-0.3, -0.25) is 0 Å². The van der Waals surface area contributed by atoms with Gasteiger partial charge in [0.05, 0.1) is 27.1 Å². The zero-order chi connectivity index (χ0) is 19.1. The second-order valence-corrected chi connectivity index (χ2v) is 9.95. The molecule has 1 saturated heterocycles. The van der Waals surface area contributed by atoms with Crippen molar-refractivity contribution >= 4 is 31.5 Å². The van der Waals surface area contributed by atoms with Crippen molar-refractivity contribution in [2.45, 2.75) is 10.9 Å². The molecule has 1 aliphatic rings. The first-order valence-corrected chi connectivity index (χ1v) is 10.9. The summed E-state index contributed by atoms with van der Waals surface area (Å²) >= 11 is 6.13. The number of halogens is 2. The fraction of sp³-hybridized carbons (Fsp3) is 0.200. The minimum atomic E-state index is -3.94. The van der Waals surface area contributed by atoms with E-state index in [1.54, 1.807) is 6.07 Å². The molecule has 0 atom stereocenters. The van der Waals surface area contributed by atoms with E-state index >= 15 is 0 Å². The molecule has 0 spiro atoms. The largest absolute Gasteiger partial charge is 0.240 e. The molecular formula is C15H11ClFN3O4S2. The zero-order valence-electron chi connectivity index (χ0n) is 13.0. The van der Waals surface area contributed by atoms with E-state index in [-0.39, 0.29) is 27.1 Å². The maximum Gasteiger partial charge on any atom is 0.240 e. The van der Waals surface area contributed by atoms with E-state index in [1.807, 2.05) is 0 Å². The Morgan fingerprint density at radius 3 is 2.54 bits per heavy atom. The number of nitrogens with zero attached hydrogens (tertiary/aromatic N) is 2. The zero-order valence-corrected chi connectivity index (χ0v) is 15.4. The van der Waals surface area contributed by atoms with E-state index in [9.17, 15) is 21.2 Å². The number of benzene rings is 1. The summed E-state index contributed by atoms with van der Waals surface area (Å²) in [5.41, 5.74) is 0.145. The van der Waals surface area contributed by atoms with Crippen molar-refractivity contribution in [2.24, 2.45) is 0 Å². The number of hydrogen-bond donors (Lipinski definition) is 1. The average molecular weight is 416 g/mol. The molecule has 11 heteroatoms. The van der Waals surface area contributed by atoms with Gasteiger partial charge in [0.15, 0.2) is 21.3 Å². The lowest BCUT2D eigenvalue weighted by molar-refractivity contribution is 0.536. The molecule has 0 bridgehead atoms. The van der Waals surface area contributed by atoms with Gasteiger partial charge in [0.2, 0.25) is 10.0 Å². The van der Waals surface area contributed by atoms with E-state index in [0.717, 1.165) is 6.07 Å². The molecule has 0 amide bonds. The second kappa shape index (κ2) is 6.59. The molecule has 1 N–H and O–H groups in total. The van der Waals surface area contributed by atoms with Crippen molar-refractivity contribution in [2.75, 3.05) is 11.5 Å². The van der Waals surface area contributed by atoms with Crippen LogP contribution in [0.1, 0.15) is 5.69 Å². The van der Waals surface area contributed by atoms with Gasteiger partial charge in [-0.15, -0.1) is 0 Å². The van der Waals surface area contributed by atoms with E-state index < -0.39 is 37.4 Å². The van der Waals surface area contributed by atoms with Crippen molar-refractivity contribution < 1.29 is 21.2 Å².